The first kappa shape index (κ1) is 32.9. The normalized spacial score (nSPS) is 12.6. The molecule has 0 saturated carbocycles. The van der Waals surface area contributed by atoms with Crippen LogP contribution in [0.1, 0.15) is 175 Å². The van der Waals surface area contributed by atoms with Gasteiger partial charge < -0.3 is 10.6 Å². The predicted octanol–water partition coefficient (Wildman–Crippen LogP) is 10.0. The van der Waals surface area contributed by atoms with Crippen molar-refractivity contribution in [2.45, 2.75) is 181 Å². The van der Waals surface area contributed by atoms with Crippen LogP contribution in [0.5, 0.6) is 0 Å². The fraction of sp³-hybridized carbons (Fsp3) is 1.00. The fourth-order valence-corrected chi connectivity index (χ4v) is 5.28. The summed E-state index contributed by atoms with van der Waals surface area (Å²) in [5.41, 5.74) is 5.88. The molecule has 33 heavy (non-hydrogen) atoms. The number of nitrogens with two attached hydrogens (primary N) is 1. The van der Waals surface area contributed by atoms with Crippen molar-refractivity contribution in [1.82, 2.24) is 4.90 Å². The van der Waals surface area contributed by atoms with Gasteiger partial charge in [-0.15, -0.1) is 0 Å². The van der Waals surface area contributed by atoms with Gasteiger partial charge in [0, 0.05) is 6.04 Å². The Balaban J connectivity index is 3.99. The van der Waals surface area contributed by atoms with E-state index in [0.717, 1.165) is 19.0 Å². The third-order valence-electron chi connectivity index (χ3n) is 7.48. The first-order valence-electron chi connectivity index (χ1n) is 15.7. The molecule has 0 bridgehead atoms. The molecule has 1 unspecified atom stereocenters. The van der Waals surface area contributed by atoms with Crippen molar-refractivity contribution in [3.63, 3.8) is 0 Å². The van der Waals surface area contributed by atoms with Gasteiger partial charge >= 0.3 is 0 Å². The average molecular weight is 467 g/mol. The zero-order chi connectivity index (χ0) is 24.2. The van der Waals surface area contributed by atoms with E-state index < -0.39 is 0 Å². The Morgan fingerprint density at radius 2 is 0.818 bits per heavy atom. The SMILES string of the molecule is CCCCCCCCCCCCC(CCC)N(CCCN)CCCCCCCCCCCC. The Labute approximate surface area is 211 Å². The molecular formula is C31H66N2. The van der Waals surface area contributed by atoms with Crippen molar-refractivity contribution >= 4 is 0 Å². The molecule has 0 aromatic carbocycles. The molecule has 0 aliphatic rings. The largest absolute Gasteiger partial charge is 0.330 e. The molecule has 0 fully saturated rings. The van der Waals surface area contributed by atoms with Gasteiger partial charge in [-0.3, -0.25) is 0 Å². The molecule has 0 amide bonds. The Bertz CT molecular complexity index is 344. The Kier molecular flexibility index (Phi) is 28.1. The minimum atomic E-state index is 0.800. The van der Waals surface area contributed by atoms with E-state index in [2.05, 4.69) is 25.7 Å². The zero-order valence-corrected chi connectivity index (χ0v) is 23.7. The lowest BCUT2D eigenvalue weighted by Crippen LogP contribution is -2.37. The van der Waals surface area contributed by atoms with E-state index in [1.165, 1.54) is 161 Å². The van der Waals surface area contributed by atoms with Gasteiger partial charge in [0.25, 0.3) is 0 Å². The van der Waals surface area contributed by atoms with E-state index in [1.807, 2.05) is 0 Å². The molecule has 0 aromatic heterocycles. The molecule has 1 atom stereocenters. The molecule has 0 spiro atoms. The lowest BCUT2D eigenvalue weighted by atomic mass is 9.99. The van der Waals surface area contributed by atoms with Gasteiger partial charge in [0.1, 0.15) is 0 Å². The zero-order valence-electron chi connectivity index (χ0n) is 23.7. The number of unbranched alkanes of at least 4 members (excludes halogenated alkanes) is 18. The minimum Gasteiger partial charge on any atom is -0.330 e. The maximum atomic E-state index is 5.88. The van der Waals surface area contributed by atoms with E-state index in [9.17, 15) is 0 Å². The van der Waals surface area contributed by atoms with Gasteiger partial charge in [0.15, 0.2) is 0 Å². The predicted molar refractivity (Wildman–Crippen MR) is 152 cm³/mol. The molecule has 0 aliphatic carbocycles. The van der Waals surface area contributed by atoms with Gasteiger partial charge in [-0.1, -0.05) is 149 Å². The standard InChI is InChI=1S/C31H66N2/c1-4-7-9-11-13-15-17-19-21-23-27-31(26-6-3)33(30-25-28-32)29-24-22-20-18-16-14-12-10-8-5-2/h31H,4-30,32H2,1-3H3. The van der Waals surface area contributed by atoms with Crippen LogP contribution in [0, 0.1) is 0 Å². The molecule has 0 aliphatic heterocycles. The summed E-state index contributed by atoms with van der Waals surface area (Å²) in [4.78, 5) is 2.83. The smallest absolute Gasteiger partial charge is 0.00951 e. The number of nitrogens with zero attached hydrogens (tertiary/aromatic N) is 1. The molecule has 0 rings (SSSR count). The van der Waals surface area contributed by atoms with Crippen LogP contribution in [0.4, 0.5) is 0 Å². The summed E-state index contributed by atoms with van der Waals surface area (Å²) in [5, 5.41) is 0. The van der Waals surface area contributed by atoms with Crippen LogP contribution in [-0.4, -0.2) is 30.6 Å². The number of hydrogen-bond acceptors (Lipinski definition) is 2. The Morgan fingerprint density at radius 1 is 0.424 bits per heavy atom. The quantitative estimate of drug-likeness (QED) is 0.116. The Hall–Kier alpha value is -0.0800. The van der Waals surface area contributed by atoms with Gasteiger partial charge in [-0.05, 0) is 45.3 Å². The summed E-state index contributed by atoms with van der Waals surface area (Å²) in [7, 11) is 0. The highest BCUT2D eigenvalue weighted by atomic mass is 15.1. The third kappa shape index (κ3) is 23.4. The summed E-state index contributed by atoms with van der Waals surface area (Å²) in [6.45, 7) is 10.3. The van der Waals surface area contributed by atoms with E-state index in [1.54, 1.807) is 0 Å². The van der Waals surface area contributed by atoms with Gasteiger partial charge in [-0.25, -0.2) is 0 Å². The van der Waals surface area contributed by atoms with E-state index in [0.29, 0.717) is 0 Å². The molecule has 0 heterocycles. The summed E-state index contributed by atoms with van der Waals surface area (Å²) in [6.07, 6.45) is 34.0. The summed E-state index contributed by atoms with van der Waals surface area (Å²) in [6, 6.07) is 0.800. The van der Waals surface area contributed by atoms with Crippen LogP contribution >= 0.6 is 0 Å². The summed E-state index contributed by atoms with van der Waals surface area (Å²) < 4.78 is 0. The molecule has 2 heteroatoms. The molecule has 200 valence electrons. The first-order valence-corrected chi connectivity index (χ1v) is 15.7. The van der Waals surface area contributed by atoms with Crippen molar-refractivity contribution < 1.29 is 0 Å². The number of rotatable bonds is 28. The molecule has 2 nitrogen and oxygen atoms in total. The van der Waals surface area contributed by atoms with Crippen molar-refractivity contribution in [2.24, 2.45) is 5.73 Å². The fourth-order valence-electron chi connectivity index (χ4n) is 5.28. The maximum absolute atomic E-state index is 5.88. The van der Waals surface area contributed by atoms with E-state index >= 15 is 0 Å². The Morgan fingerprint density at radius 3 is 1.24 bits per heavy atom. The highest BCUT2D eigenvalue weighted by Gasteiger charge is 2.16. The van der Waals surface area contributed by atoms with E-state index in [4.69, 9.17) is 5.73 Å². The molecule has 0 saturated heterocycles. The highest BCUT2D eigenvalue weighted by molar-refractivity contribution is 4.72. The number of hydrogen-bond donors (Lipinski definition) is 1. The highest BCUT2D eigenvalue weighted by Crippen LogP contribution is 2.19. The van der Waals surface area contributed by atoms with Crippen molar-refractivity contribution in [2.75, 3.05) is 19.6 Å². The van der Waals surface area contributed by atoms with Crippen LogP contribution in [0.3, 0.4) is 0 Å². The first-order chi connectivity index (χ1) is 16.3. The van der Waals surface area contributed by atoms with Crippen molar-refractivity contribution in [3.8, 4) is 0 Å². The second-order valence-corrected chi connectivity index (χ2v) is 10.8. The van der Waals surface area contributed by atoms with Gasteiger partial charge in [-0.2, -0.15) is 0 Å². The second-order valence-electron chi connectivity index (χ2n) is 10.8. The van der Waals surface area contributed by atoms with Gasteiger partial charge in [0.2, 0.25) is 0 Å². The van der Waals surface area contributed by atoms with Crippen LogP contribution in [0.15, 0.2) is 0 Å². The summed E-state index contributed by atoms with van der Waals surface area (Å²) >= 11 is 0. The topological polar surface area (TPSA) is 29.3 Å². The second kappa shape index (κ2) is 28.2. The van der Waals surface area contributed by atoms with Crippen LogP contribution in [0.2, 0.25) is 0 Å². The average Bonchev–Trinajstić information content (AvgIpc) is 2.82. The maximum Gasteiger partial charge on any atom is 0.00951 e. The van der Waals surface area contributed by atoms with E-state index in [-0.39, 0.29) is 0 Å². The minimum absolute atomic E-state index is 0.800. The molecule has 0 aromatic rings. The van der Waals surface area contributed by atoms with Crippen LogP contribution in [-0.2, 0) is 0 Å². The molecular weight excluding hydrogens is 400 g/mol. The monoisotopic (exact) mass is 467 g/mol. The third-order valence-corrected chi connectivity index (χ3v) is 7.48. The van der Waals surface area contributed by atoms with Crippen LogP contribution in [0.25, 0.3) is 0 Å². The van der Waals surface area contributed by atoms with Crippen LogP contribution < -0.4 is 5.73 Å². The molecule has 2 N–H and O–H groups in total. The lowest BCUT2D eigenvalue weighted by molar-refractivity contribution is 0.168. The summed E-state index contributed by atoms with van der Waals surface area (Å²) in [5.74, 6) is 0. The lowest BCUT2D eigenvalue weighted by Gasteiger charge is -2.32. The van der Waals surface area contributed by atoms with Crippen molar-refractivity contribution in [1.29, 1.82) is 0 Å². The molecule has 0 radical (unpaired) electrons. The van der Waals surface area contributed by atoms with Gasteiger partial charge in [0.05, 0.1) is 0 Å². The van der Waals surface area contributed by atoms with Crippen molar-refractivity contribution in [3.05, 3.63) is 0 Å².